The lowest BCUT2D eigenvalue weighted by Crippen LogP contribution is -2.41. The summed E-state index contributed by atoms with van der Waals surface area (Å²) in [5.41, 5.74) is 2.13. The monoisotopic (exact) mass is 399 g/mol. The summed E-state index contributed by atoms with van der Waals surface area (Å²) in [6.07, 6.45) is -0.193. The Labute approximate surface area is 164 Å². The van der Waals surface area contributed by atoms with Gasteiger partial charge in [-0.15, -0.1) is 0 Å². The topological polar surface area (TPSA) is 80.8 Å². The second-order valence-corrected chi connectivity index (χ2v) is 9.48. The molecule has 0 aromatic heterocycles. The molecule has 2 aromatic carbocycles. The lowest BCUT2D eigenvalue weighted by Gasteiger charge is -2.29. The Bertz CT molecular complexity index is 1000. The van der Waals surface area contributed by atoms with E-state index in [9.17, 15) is 18.0 Å². The first-order valence-electron chi connectivity index (χ1n) is 9.27. The summed E-state index contributed by atoms with van der Waals surface area (Å²) in [7, 11) is -3.13. The lowest BCUT2D eigenvalue weighted by molar-refractivity contribution is -0.135. The molecule has 2 aliphatic heterocycles. The van der Waals surface area contributed by atoms with Gasteiger partial charge in [0.25, 0.3) is 0 Å². The van der Waals surface area contributed by atoms with Gasteiger partial charge in [0.15, 0.2) is 9.84 Å². The number of carbonyl (C=O) groups excluding carboxylic acids is 2. The van der Waals surface area contributed by atoms with Crippen LogP contribution in [0.2, 0.25) is 0 Å². The van der Waals surface area contributed by atoms with Crippen molar-refractivity contribution in [1.82, 2.24) is 4.90 Å². The highest BCUT2D eigenvalue weighted by molar-refractivity contribution is 7.91. The number of rotatable bonds is 5. The Morgan fingerprint density at radius 2 is 1.79 bits per heavy atom. The predicted molar refractivity (Wildman–Crippen MR) is 103 cm³/mol. The van der Waals surface area contributed by atoms with Crippen molar-refractivity contribution in [3.05, 3.63) is 71.3 Å². The van der Waals surface area contributed by atoms with E-state index in [1.807, 2.05) is 36.4 Å². The maximum absolute atomic E-state index is 13.2. The number of esters is 1. The molecule has 0 spiro atoms. The molecule has 146 valence electrons. The second kappa shape index (κ2) is 7.39. The fourth-order valence-corrected chi connectivity index (χ4v) is 5.60. The van der Waals surface area contributed by atoms with Crippen LogP contribution in [0.1, 0.15) is 40.4 Å². The van der Waals surface area contributed by atoms with Crippen LogP contribution >= 0.6 is 0 Å². The number of fused-ring (bicyclic) bond motifs is 1. The van der Waals surface area contributed by atoms with Gasteiger partial charge < -0.3 is 9.64 Å². The average molecular weight is 399 g/mol. The van der Waals surface area contributed by atoms with Crippen molar-refractivity contribution in [3.8, 4) is 0 Å². The van der Waals surface area contributed by atoms with Gasteiger partial charge in [-0.1, -0.05) is 48.5 Å². The largest absolute Gasteiger partial charge is 0.453 e. The summed E-state index contributed by atoms with van der Waals surface area (Å²) >= 11 is 0. The van der Waals surface area contributed by atoms with Gasteiger partial charge in [0, 0.05) is 18.2 Å². The smallest absolute Gasteiger partial charge is 0.339 e. The van der Waals surface area contributed by atoms with Crippen LogP contribution in [0.4, 0.5) is 0 Å². The molecule has 2 aliphatic rings. The maximum Gasteiger partial charge on any atom is 0.339 e. The van der Waals surface area contributed by atoms with Gasteiger partial charge in [-0.05, 0) is 18.1 Å². The van der Waals surface area contributed by atoms with Crippen LogP contribution in [0.15, 0.2) is 54.6 Å². The zero-order valence-corrected chi connectivity index (χ0v) is 16.1. The van der Waals surface area contributed by atoms with Crippen LogP contribution in [0.3, 0.4) is 0 Å². The molecule has 1 saturated heterocycles. The van der Waals surface area contributed by atoms with E-state index in [0.717, 1.165) is 5.56 Å². The van der Waals surface area contributed by atoms with Crippen molar-refractivity contribution in [1.29, 1.82) is 0 Å². The van der Waals surface area contributed by atoms with Crippen LogP contribution in [0.5, 0.6) is 0 Å². The number of amides is 1. The highest BCUT2D eigenvalue weighted by Gasteiger charge is 2.38. The van der Waals surface area contributed by atoms with Crippen molar-refractivity contribution >= 4 is 21.7 Å². The van der Waals surface area contributed by atoms with Crippen molar-refractivity contribution in [2.45, 2.75) is 31.5 Å². The van der Waals surface area contributed by atoms with E-state index in [-0.39, 0.29) is 29.9 Å². The van der Waals surface area contributed by atoms with E-state index < -0.39 is 21.9 Å². The molecule has 1 amide bonds. The third kappa shape index (κ3) is 3.80. The number of hydrogen-bond acceptors (Lipinski definition) is 5. The SMILES string of the molecule is O=C1OC(CC(=O)N(Cc2ccccc2)C2CCS(=O)(=O)C2)c2ccccc21. The number of nitrogens with zero attached hydrogens (tertiary/aromatic N) is 1. The summed E-state index contributed by atoms with van der Waals surface area (Å²) < 4.78 is 29.3. The molecule has 0 saturated carbocycles. The summed E-state index contributed by atoms with van der Waals surface area (Å²) in [5, 5.41) is 0. The molecule has 6 nitrogen and oxygen atoms in total. The molecule has 0 N–H and O–H groups in total. The normalized spacial score (nSPS) is 22.5. The zero-order chi connectivity index (χ0) is 19.7. The number of sulfone groups is 1. The maximum atomic E-state index is 13.2. The van der Waals surface area contributed by atoms with E-state index in [0.29, 0.717) is 24.1 Å². The zero-order valence-electron chi connectivity index (χ0n) is 15.3. The molecular weight excluding hydrogens is 378 g/mol. The number of ether oxygens (including phenoxy) is 1. The van der Waals surface area contributed by atoms with E-state index in [2.05, 4.69) is 0 Å². The van der Waals surface area contributed by atoms with Gasteiger partial charge in [-0.2, -0.15) is 0 Å². The Balaban J connectivity index is 1.56. The Kier molecular flexibility index (Phi) is 4.93. The third-order valence-corrected chi connectivity index (χ3v) is 7.05. The Morgan fingerprint density at radius 3 is 2.50 bits per heavy atom. The molecule has 28 heavy (non-hydrogen) atoms. The van der Waals surface area contributed by atoms with Crippen LogP contribution in [-0.4, -0.2) is 42.7 Å². The molecule has 4 rings (SSSR count). The first kappa shape index (κ1) is 18.7. The number of cyclic esters (lactones) is 1. The van der Waals surface area contributed by atoms with E-state index in [4.69, 9.17) is 4.74 Å². The number of hydrogen-bond donors (Lipinski definition) is 0. The number of carbonyl (C=O) groups is 2. The minimum absolute atomic E-state index is 0.00609. The third-order valence-electron chi connectivity index (χ3n) is 5.30. The lowest BCUT2D eigenvalue weighted by atomic mass is 10.0. The molecule has 2 aromatic rings. The van der Waals surface area contributed by atoms with Crippen molar-refractivity contribution in [2.24, 2.45) is 0 Å². The van der Waals surface area contributed by atoms with Gasteiger partial charge in [-0.25, -0.2) is 13.2 Å². The highest BCUT2D eigenvalue weighted by Crippen LogP contribution is 2.34. The van der Waals surface area contributed by atoms with Crippen molar-refractivity contribution in [2.75, 3.05) is 11.5 Å². The molecule has 7 heteroatoms. The molecule has 2 unspecified atom stereocenters. The molecule has 0 radical (unpaired) electrons. The molecule has 2 atom stereocenters. The van der Waals surface area contributed by atoms with Crippen LogP contribution in [0.25, 0.3) is 0 Å². The van der Waals surface area contributed by atoms with Gasteiger partial charge in [-0.3, -0.25) is 4.79 Å². The van der Waals surface area contributed by atoms with Gasteiger partial charge in [0.2, 0.25) is 5.91 Å². The fraction of sp³-hybridized carbons (Fsp3) is 0.333. The van der Waals surface area contributed by atoms with Crippen molar-refractivity contribution < 1.29 is 22.7 Å². The van der Waals surface area contributed by atoms with E-state index >= 15 is 0 Å². The average Bonchev–Trinajstić information content (AvgIpc) is 3.20. The van der Waals surface area contributed by atoms with E-state index in [1.165, 1.54) is 0 Å². The van der Waals surface area contributed by atoms with Gasteiger partial charge in [0.05, 0.1) is 23.5 Å². The summed E-state index contributed by atoms with van der Waals surface area (Å²) in [6.45, 7) is 0.335. The number of benzene rings is 2. The van der Waals surface area contributed by atoms with Crippen LogP contribution in [-0.2, 0) is 25.9 Å². The van der Waals surface area contributed by atoms with Crippen molar-refractivity contribution in [3.63, 3.8) is 0 Å². The standard InChI is InChI=1S/C21H21NO5S/c23-20(12-19-17-8-4-5-9-18(17)21(24)27-19)22(13-15-6-2-1-3-7-15)16-10-11-28(25,26)14-16/h1-9,16,19H,10-14H2. The molecular formula is C21H21NO5S. The quantitative estimate of drug-likeness (QED) is 0.722. The predicted octanol–water partition coefficient (Wildman–Crippen LogP) is 2.50. The van der Waals surface area contributed by atoms with Gasteiger partial charge in [0.1, 0.15) is 6.10 Å². The minimum Gasteiger partial charge on any atom is -0.453 e. The molecule has 0 aliphatic carbocycles. The second-order valence-electron chi connectivity index (χ2n) is 7.25. The van der Waals surface area contributed by atoms with Crippen LogP contribution < -0.4 is 0 Å². The summed E-state index contributed by atoms with van der Waals surface area (Å²) in [6, 6.07) is 16.2. The summed E-state index contributed by atoms with van der Waals surface area (Å²) in [5.74, 6) is -0.559. The fourth-order valence-electron chi connectivity index (χ4n) is 3.87. The molecule has 1 fully saturated rings. The first-order valence-corrected chi connectivity index (χ1v) is 11.1. The Hall–Kier alpha value is -2.67. The minimum atomic E-state index is -3.13. The highest BCUT2D eigenvalue weighted by atomic mass is 32.2. The summed E-state index contributed by atoms with van der Waals surface area (Å²) in [4.78, 5) is 26.8. The van der Waals surface area contributed by atoms with Crippen LogP contribution in [0, 0.1) is 0 Å². The molecule has 0 bridgehead atoms. The first-order chi connectivity index (χ1) is 13.4. The van der Waals surface area contributed by atoms with Gasteiger partial charge >= 0.3 is 5.97 Å². The molecule has 2 heterocycles. The Morgan fingerprint density at radius 1 is 1.07 bits per heavy atom. The van der Waals surface area contributed by atoms with E-state index in [1.54, 1.807) is 23.1 Å².